The van der Waals surface area contributed by atoms with Crippen molar-refractivity contribution in [3.05, 3.63) is 35.4 Å². The first-order valence-electron chi connectivity index (χ1n) is 6.21. The predicted molar refractivity (Wildman–Crippen MR) is 74.2 cm³/mol. The van der Waals surface area contributed by atoms with Crippen LogP contribution >= 0.6 is 15.9 Å². The maximum atomic E-state index is 3.60. The van der Waals surface area contributed by atoms with Gasteiger partial charge in [0.15, 0.2) is 0 Å². The highest BCUT2D eigenvalue weighted by Crippen LogP contribution is 2.54. The second-order valence-corrected chi connectivity index (χ2v) is 6.42. The minimum absolute atomic E-state index is 0.444. The number of rotatable bonds is 4. The van der Waals surface area contributed by atoms with Crippen molar-refractivity contribution in [3.63, 3.8) is 0 Å². The van der Waals surface area contributed by atoms with Crippen LogP contribution in [0.2, 0.25) is 0 Å². The van der Waals surface area contributed by atoms with E-state index in [1.165, 1.54) is 24.0 Å². The molecule has 1 aromatic carbocycles. The molecule has 88 valence electrons. The summed E-state index contributed by atoms with van der Waals surface area (Å²) in [6, 6.07) is 9.29. The molecule has 0 saturated heterocycles. The summed E-state index contributed by atoms with van der Waals surface area (Å²) in [5.41, 5.74) is 3.43. The lowest BCUT2D eigenvalue weighted by atomic mass is 9.93. The number of alkyl halides is 1. The maximum absolute atomic E-state index is 3.60. The van der Waals surface area contributed by atoms with Crippen molar-refractivity contribution in [1.29, 1.82) is 0 Å². The topological polar surface area (TPSA) is 0 Å². The fourth-order valence-corrected chi connectivity index (χ4v) is 3.47. The van der Waals surface area contributed by atoms with Gasteiger partial charge in [0.05, 0.1) is 0 Å². The van der Waals surface area contributed by atoms with Gasteiger partial charge < -0.3 is 0 Å². The van der Waals surface area contributed by atoms with Crippen molar-refractivity contribution in [2.75, 3.05) is 5.33 Å². The van der Waals surface area contributed by atoms with Gasteiger partial charge in [0.25, 0.3) is 0 Å². The Labute approximate surface area is 108 Å². The van der Waals surface area contributed by atoms with E-state index in [1.807, 2.05) is 0 Å². The summed E-state index contributed by atoms with van der Waals surface area (Å²) < 4.78 is 0. The Kier molecular flexibility index (Phi) is 3.44. The van der Waals surface area contributed by atoms with Crippen LogP contribution < -0.4 is 0 Å². The molecule has 1 aliphatic rings. The first kappa shape index (κ1) is 12.2. The maximum Gasteiger partial charge on any atom is 0.00684 e. The quantitative estimate of drug-likeness (QED) is 0.710. The lowest BCUT2D eigenvalue weighted by Gasteiger charge is -2.12. The van der Waals surface area contributed by atoms with Gasteiger partial charge in [0.1, 0.15) is 0 Å². The molecule has 0 heterocycles. The fourth-order valence-electron chi connectivity index (χ4n) is 2.52. The molecule has 0 bridgehead atoms. The Bertz CT molecular complexity index is 352. The summed E-state index contributed by atoms with van der Waals surface area (Å²) >= 11 is 3.60. The largest absolute Gasteiger partial charge is 0.0925 e. The van der Waals surface area contributed by atoms with Crippen LogP contribution in [-0.4, -0.2) is 5.33 Å². The van der Waals surface area contributed by atoms with E-state index in [0.717, 1.165) is 17.2 Å². The van der Waals surface area contributed by atoms with Crippen LogP contribution in [0, 0.1) is 11.8 Å². The Balaban J connectivity index is 2.09. The molecule has 1 aromatic rings. The lowest BCUT2D eigenvalue weighted by molar-refractivity contribution is 0.646. The molecule has 2 unspecified atom stereocenters. The Morgan fingerprint density at radius 3 is 2.38 bits per heavy atom. The molecule has 2 atom stereocenters. The standard InChI is InChI=1S/C15H21Br/c1-11(2)8-12-4-6-13(7-5-12)15(3)9-14(15)10-16/h4-7,11,14H,8-10H2,1-3H3. The van der Waals surface area contributed by atoms with E-state index in [0.29, 0.717) is 5.41 Å². The molecule has 1 heteroatoms. The third-order valence-corrected chi connectivity index (χ3v) is 4.64. The van der Waals surface area contributed by atoms with Crippen molar-refractivity contribution in [2.24, 2.45) is 11.8 Å². The summed E-state index contributed by atoms with van der Waals surface area (Å²) in [6.45, 7) is 6.93. The van der Waals surface area contributed by atoms with Crippen molar-refractivity contribution in [1.82, 2.24) is 0 Å². The van der Waals surface area contributed by atoms with Crippen molar-refractivity contribution in [2.45, 2.75) is 39.0 Å². The van der Waals surface area contributed by atoms with Gasteiger partial charge >= 0.3 is 0 Å². The average Bonchev–Trinajstić information content (AvgIpc) is 2.91. The zero-order valence-corrected chi connectivity index (χ0v) is 12.0. The first-order chi connectivity index (χ1) is 7.56. The lowest BCUT2D eigenvalue weighted by Crippen LogP contribution is -2.05. The molecule has 0 nitrogen and oxygen atoms in total. The second-order valence-electron chi connectivity index (χ2n) is 5.77. The molecule has 1 saturated carbocycles. The summed E-state index contributed by atoms with van der Waals surface area (Å²) in [5, 5.41) is 1.14. The number of hydrogen-bond acceptors (Lipinski definition) is 0. The Morgan fingerprint density at radius 2 is 1.94 bits per heavy atom. The first-order valence-corrected chi connectivity index (χ1v) is 7.34. The van der Waals surface area contributed by atoms with Crippen LogP contribution in [0.1, 0.15) is 38.3 Å². The third-order valence-electron chi connectivity index (χ3n) is 3.85. The predicted octanol–water partition coefficient (Wildman–Crippen LogP) is 4.56. The van der Waals surface area contributed by atoms with E-state index >= 15 is 0 Å². The third kappa shape index (κ3) is 2.34. The van der Waals surface area contributed by atoms with E-state index in [-0.39, 0.29) is 0 Å². The summed E-state index contributed by atoms with van der Waals surface area (Å²) in [5.74, 6) is 1.58. The van der Waals surface area contributed by atoms with Crippen LogP contribution in [0.15, 0.2) is 24.3 Å². The van der Waals surface area contributed by atoms with E-state index in [1.54, 1.807) is 0 Å². The SMILES string of the molecule is CC(C)Cc1ccc(C2(C)CC2CBr)cc1. The van der Waals surface area contributed by atoms with Gasteiger partial charge in [-0.15, -0.1) is 0 Å². The van der Waals surface area contributed by atoms with E-state index in [9.17, 15) is 0 Å². The van der Waals surface area contributed by atoms with E-state index in [4.69, 9.17) is 0 Å². The van der Waals surface area contributed by atoms with Gasteiger partial charge in [-0.25, -0.2) is 0 Å². The average molecular weight is 281 g/mol. The zero-order valence-electron chi connectivity index (χ0n) is 10.5. The van der Waals surface area contributed by atoms with Gasteiger partial charge in [0.2, 0.25) is 0 Å². The highest BCUT2D eigenvalue weighted by Gasteiger charge is 2.50. The molecule has 0 N–H and O–H groups in total. The number of halogens is 1. The van der Waals surface area contributed by atoms with Gasteiger partial charge in [-0.05, 0) is 41.2 Å². The van der Waals surface area contributed by atoms with Crippen LogP contribution in [0.25, 0.3) is 0 Å². The number of benzene rings is 1. The van der Waals surface area contributed by atoms with E-state index in [2.05, 4.69) is 61.0 Å². The minimum atomic E-state index is 0.444. The van der Waals surface area contributed by atoms with Crippen molar-refractivity contribution in [3.8, 4) is 0 Å². The summed E-state index contributed by atoms with van der Waals surface area (Å²) in [4.78, 5) is 0. The van der Waals surface area contributed by atoms with Crippen molar-refractivity contribution >= 4 is 15.9 Å². The highest BCUT2D eigenvalue weighted by molar-refractivity contribution is 9.09. The Hall–Kier alpha value is -0.300. The molecule has 0 spiro atoms. The van der Waals surface area contributed by atoms with Gasteiger partial charge in [-0.1, -0.05) is 61.0 Å². The fraction of sp³-hybridized carbons (Fsp3) is 0.600. The smallest absolute Gasteiger partial charge is 0.00684 e. The molecular weight excluding hydrogens is 260 g/mol. The molecule has 0 radical (unpaired) electrons. The molecule has 0 amide bonds. The van der Waals surface area contributed by atoms with Crippen molar-refractivity contribution < 1.29 is 0 Å². The zero-order chi connectivity index (χ0) is 11.8. The molecule has 1 aliphatic carbocycles. The monoisotopic (exact) mass is 280 g/mol. The second kappa shape index (κ2) is 4.52. The molecular formula is C15H21Br. The normalized spacial score (nSPS) is 28.4. The molecule has 0 aliphatic heterocycles. The molecule has 2 rings (SSSR count). The van der Waals surface area contributed by atoms with Gasteiger partial charge in [-0.3, -0.25) is 0 Å². The van der Waals surface area contributed by atoms with Crippen LogP contribution in [0.5, 0.6) is 0 Å². The van der Waals surface area contributed by atoms with Gasteiger partial charge in [0, 0.05) is 5.33 Å². The molecule has 1 fully saturated rings. The summed E-state index contributed by atoms with van der Waals surface area (Å²) in [7, 11) is 0. The molecule has 0 aromatic heterocycles. The van der Waals surface area contributed by atoms with Crippen LogP contribution in [-0.2, 0) is 11.8 Å². The summed E-state index contributed by atoms with van der Waals surface area (Å²) in [6.07, 6.45) is 2.53. The van der Waals surface area contributed by atoms with Crippen LogP contribution in [0.4, 0.5) is 0 Å². The number of hydrogen-bond donors (Lipinski definition) is 0. The Morgan fingerprint density at radius 1 is 1.31 bits per heavy atom. The van der Waals surface area contributed by atoms with Crippen LogP contribution in [0.3, 0.4) is 0 Å². The van der Waals surface area contributed by atoms with E-state index < -0.39 is 0 Å². The highest BCUT2D eigenvalue weighted by atomic mass is 79.9. The minimum Gasteiger partial charge on any atom is -0.0925 e. The van der Waals surface area contributed by atoms with Gasteiger partial charge in [-0.2, -0.15) is 0 Å². The molecule has 16 heavy (non-hydrogen) atoms.